The van der Waals surface area contributed by atoms with Gasteiger partial charge in [0, 0.05) is 32.2 Å². The number of rotatable bonds is 11. The highest BCUT2D eigenvalue weighted by atomic mass is 16.5. The molecule has 0 radical (unpaired) electrons. The molecule has 0 saturated carbocycles. The highest BCUT2D eigenvalue weighted by Gasteiger charge is 2.46. The molecule has 1 N–H and O–H groups in total. The van der Waals surface area contributed by atoms with Gasteiger partial charge in [-0.3, -0.25) is 9.59 Å². The molecule has 8 heteroatoms. The molecule has 2 aliphatic heterocycles. The molecule has 2 heterocycles. The number of aliphatic hydroxyl groups excluding tert-OH is 1. The van der Waals surface area contributed by atoms with Gasteiger partial charge in [0.2, 0.25) is 0 Å². The van der Waals surface area contributed by atoms with Crippen LogP contribution in [-0.4, -0.2) is 61.3 Å². The van der Waals surface area contributed by atoms with Gasteiger partial charge in [-0.25, -0.2) is 0 Å². The summed E-state index contributed by atoms with van der Waals surface area (Å²) in [6.45, 7) is 8.93. The molecule has 4 rings (SSSR count). The lowest BCUT2D eigenvalue weighted by atomic mass is 9.94. The van der Waals surface area contributed by atoms with Crippen LogP contribution in [0.1, 0.15) is 43.0 Å². The van der Waals surface area contributed by atoms with Crippen LogP contribution in [-0.2, 0) is 20.7 Å². The molecule has 0 spiro atoms. The third-order valence-corrected chi connectivity index (χ3v) is 6.40. The quantitative estimate of drug-likeness (QED) is 0.158. The normalized spacial score (nSPS) is 20.0. The molecule has 8 nitrogen and oxygen atoms in total. The Bertz CT molecular complexity index is 1220. The summed E-state index contributed by atoms with van der Waals surface area (Å²) in [5, 5.41) is 11.4. The van der Waals surface area contributed by atoms with E-state index in [1.807, 2.05) is 19.9 Å². The lowest BCUT2D eigenvalue weighted by Crippen LogP contribution is -2.31. The Hall–Kier alpha value is -3.78. The van der Waals surface area contributed by atoms with Crippen molar-refractivity contribution < 1.29 is 33.6 Å². The molecule has 1 saturated heterocycles. The Morgan fingerprint density at radius 3 is 2.73 bits per heavy atom. The van der Waals surface area contributed by atoms with Crippen molar-refractivity contribution in [2.24, 2.45) is 0 Å². The van der Waals surface area contributed by atoms with E-state index < -0.39 is 17.7 Å². The number of carbonyl (C=O) groups is 2. The number of hydrogen-bond acceptors (Lipinski definition) is 7. The average Bonchev–Trinajstić information content (AvgIpc) is 3.38. The van der Waals surface area contributed by atoms with E-state index in [0.717, 1.165) is 11.3 Å². The number of methoxy groups -OCH3 is 1. The summed E-state index contributed by atoms with van der Waals surface area (Å²) in [7, 11) is 1.58. The van der Waals surface area contributed by atoms with Crippen molar-refractivity contribution in [3.63, 3.8) is 0 Å². The zero-order chi connectivity index (χ0) is 26.5. The van der Waals surface area contributed by atoms with Gasteiger partial charge in [0.1, 0.15) is 24.2 Å². The first-order valence-corrected chi connectivity index (χ1v) is 12.5. The second kappa shape index (κ2) is 11.5. The highest BCUT2D eigenvalue weighted by Crippen LogP contribution is 2.43. The zero-order valence-corrected chi connectivity index (χ0v) is 21.5. The van der Waals surface area contributed by atoms with Gasteiger partial charge in [-0.15, -0.1) is 0 Å². The lowest BCUT2D eigenvalue weighted by Gasteiger charge is -2.26. The third kappa shape index (κ3) is 5.34. The van der Waals surface area contributed by atoms with Crippen LogP contribution in [0.15, 0.2) is 54.6 Å². The minimum absolute atomic E-state index is 0.0385. The number of fused-ring (bicyclic) bond motifs is 1. The maximum absolute atomic E-state index is 13.3. The van der Waals surface area contributed by atoms with Crippen molar-refractivity contribution in [3.8, 4) is 17.2 Å². The number of benzene rings is 2. The van der Waals surface area contributed by atoms with E-state index in [9.17, 15) is 14.7 Å². The summed E-state index contributed by atoms with van der Waals surface area (Å²) in [5.74, 6) is 0.158. The van der Waals surface area contributed by atoms with E-state index in [1.165, 1.54) is 4.90 Å². The smallest absolute Gasteiger partial charge is 0.295 e. The first-order valence-electron chi connectivity index (χ1n) is 12.5. The summed E-state index contributed by atoms with van der Waals surface area (Å²) in [6, 6.07) is 9.80. The number of amides is 1. The Morgan fingerprint density at radius 1 is 1.19 bits per heavy atom. The van der Waals surface area contributed by atoms with Gasteiger partial charge in [0.15, 0.2) is 11.5 Å². The maximum Gasteiger partial charge on any atom is 0.295 e. The van der Waals surface area contributed by atoms with E-state index in [2.05, 4.69) is 6.58 Å². The second-order valence-corrected chi connectivity index (χ2v) is 9.03. The molecule has 0 aromatic heterocycles. The van der Waals surface area contributed by atoms with Crippen LogP contribution in [0.4, 0.5) is 0 Å². The first-order chi connectivity index (χ1) is 17.9. The molecule has 37 heavy (non-hydrogen) atoms. The summed E-state index contributed by atoms with van der Waals surface area (Å²) >= 11 is 0. The second-order valence-electron chi connectivity index (χ2n) is 9.03. The Labute approximate surface area is 217 Å². The van der Waals surface area contributed by atoms with Gasteiger partial charge in [-0.05, 0) is 61.7 Å². The van der Waals surface area contributed by atoms with E-state index in [0.29, 0.717) is 55.3 Å². The van der Waals surface area contributed by atoms with E-state index in [1.54, 1.807) is 43.5 Å². The Kier molecular flexibility index (Phi) is 8.18. The van der Waals surface area contributed by atoms with Gasteiger partial charge in [0.25, 0.3) is 11.7 Å². The van der Waals surface area contributed by atoms with E-state index in [4.69, 9.17) is 18.9 Å². The fourth-order valence-corrected chi connectivity index (χ4v) is 4.79. The van der Waals surface area contributed by atoms with Crippen molar-refractivity contribution in [1.29, 1.82) is 0 Å². The topological polar surface area (TPSA) is 94.5 Å². The molecule has 2 aliphatic rings. The van der Waals surface area contributed by atoms with Crippen LogP contribution in [0.25, 0.3) is 5.76 Å². The number of ether oxygens (including phenoxy) is 4. The molecule has 1 fully saturated rings. The largest absolute Gasteiger partial charge is 0.507 e. The van der Waals surface area contributed by atoms with Crippen LogP contribution >= 0.6 is 0 Å². The molecule has 0 aliphatic carbocycles. The molecule has 196 valence electrons. The maximum atomic E-state index is 13.3. The zero-order valence-electron chi connectivity index (χ0n) is 21.5. The molecule has 2 aromatic carbocycles. The molecule has 1 amide bonds. The van der Waals surface area contributed by atoms with Crippen LogP contribution in [0.3, 0.4) is 0 Å². The van der Waals surface area contributed by atoms with Gasteiger partial charge < -0.3 is 29.0 Å². The number of aliphatic hydroxyl groups is 1. The number of Topliss-reactive ketones (excluding diaryl/α,β-unsaturated/α-hetero) is 1. The van der Waals surface area contributed by atoms with Crippen LogP contribution in [0.5, 0.6) is 17.2 Å². The van der Waals surface area contributed by atoms with Gasteiger partial charge in [-0.1, -0.05) is 18.7 Å². The van der Waals surface area contributed by atoms with Crippen molar-refractivity contribution in [3.05, 3.63) is 71.3 Å². The molecule has 0 bridgehead atoms. The molecular formula is C29H33NO7. The first kappa shape index (κ1) is 26.3. The fraction of sp³-hybridized carbons (Fsp3) is 0.379. The Balaban J connectivity index is 1.81. The van der Waals surface area contributed by atoms with Gasteiger partial charge in [0.05, 0.1) is 18.2 Å². The third-order valence-electron chi connectivity index (χ3n) is 6.40. The van der Waals surface area contributed by atoms with Gasteiger partial charge >= 0.3 is 0 Å². The lowest BCUT2D eigenvalue weighted by molar-refractivity contribution is -0.140. The number of nitrogens with zero attached hydrogens (tertiary/aromatic N) is 1. The Morgan fingerprint density at radius 2 is 2.00 bits per heavy atom. The summed E-state index contributed by atoms with van der Waals surface area (Å²) < 4.78 is 22.5. The van der Waals surface area contributed by atoms with Crippen LogP contribution in [0.2, 0.25) is 0 Å². The van der Waals surface area contributed by atoms with Crippen LogP contribution < -0.4 is 14.2 Å². The predicted molar refractivity (Wildman–Crippen MR) is 139 cm³/mol. The molecule has 2 aromatic rings. The molecule has 2 atom stereocenters. The molecular weight excluding hydrogens is 474 g/mol. The minimum atomic E-state index is -0.798. The van der Waals surface area contributed by atoms with E-state index in [-0.39, 0.29) is 24.0 Å². The number of carbonyl (C=O) groups excluding carboxylic acids is 2. The SMILES string of the molecule is C=CCOc1ccc(C2C(=C(O)c3ccc4c(c3)CC(C)O4)C(=O)C(=O)N2CCCOC)cc1OCC. The average molecular weight is 508 g/mol. The van der Waals surface area contributed by atoms with Crippen molar-refractivity contribution in [2.75, 3.05) is 33.5 Å². The minimum Gasteiger partial charge on any atom is -0.507 e. The highest BCUT2D eigenvalue weighted by molar-refractivity contribution is 6.46. The molecule has 2 unspecified atom stereocenters. The van der Waals surface area contributed by atoms with E-state index >= 15 is 0 Å². The summed E-state index contributed by atoms with van der Waals surface area (Å²) in [5.41, 5.74) is 2.08. The number of ketones is 1. The monoisotopic (exact) mass is 507 g/mol. The van der Waals surface area contributed by atoms with Crippen molar-refractivity contribution in [2.45, 2.75) is 38.8 Å². The van der Waals surface area contributed by atoms with Crippen molar-refractivity contribution in [1.82, 2.24) is 4.90 Å². The number of likely N-dealkylation sites (tertiary alicyclic amines) is 1. The summed E-state index contributed by atoms with van der Waals surface area (Å²) in [6.07, 6.45) is 2.91. The fourth-order valence-electron chi connectivity index (χ4n) is 4.79. The van der Waals surface area contributed by atoms with Crippen molar-refractivity contribution >= 4 is 17.4 Å². The van der Waals surface area contributed by atoms with Crippen LogP contribution in [0, 0.1) is 0 Å². The standard InChI is InChI=1S/C29H33NO7/c1-5-13-36-23-11-8-19(17-24(23)35-6-2)26-25(28(32)29(33)30(26)12-7-14-34-4)27(31)20-9-10-22-21(16-20)15-18(3)37-22/h5,8-11,16-18,26,31H,1,6-7,12-15H2,2-4H3. The predicted octanol–water partition coefficient (Wildman–Crippen LogP) is 4.43. The number of hydrogen-bond donors (Lipinski definition) is 1. The summed E-state index contributed by atoms with van der Waals surface area (Å²) in [4.78, 5) is 28.0. The van der Waals surface area contributed by atoms with Gasteiger partial charge in [-0.2, -0.15) is 0 Å².